The van der Waals surface area contributed by atoms with Crippen LogP contribution in [0, 0.1) is 46.3 Å². The van der Waals surface area contributed by atoms with E-state index in [0.717, 1.165) is 38.5 Å². The first-order chi connectivity index (χ1) is 14.1. The van der Waals surface area contributed by atoms with Gasteiger partial charge in [0.1, 0.15) is 0 Å². The highest BCUT2D eigenvalue weighted by Crippen LogP contribution is 2.69. The molecular formula is C26H42O4. The summed E-state index contributed by atoms with van der Waals surface area (Å²) in [7, 11) is 0. The second-order valence-corrected chi connectivity index (χ2v) is 11.6. The number of fused-ring (bicyclic) bond motifs is 5. The summed E-state index contributed by atoms with van der Waals surface area (Å²) in [6.07, 6.45) is 9.99. The zero-order chi connectivity index (χ0) is 21.8. The van der Waals surface area contributed by atoms with Crippen molar-refractivity contribution in [3.63, 3.8) is 0 Å². The van der Waals surface area contributed by atoms with Gasteiger partial charge in [0.05, 0.1) is 12.2 Å². The highest BCUT2D eigenvalue weighted by atomic mass is 16.4. The predicted octanol–water partition coefficient (Wildman–Crippen LogP) is 5.03. The van der Waals surface area contributed by atoms with Crippen LogP contribution in [0.1, 0.15) is 85.5 Å². The normalized spacial score (nSPS) is 50.5. The van der Waals surface area contributed by atoms with Crippen LogP contribution in [-0.4, -0.2) is 33.5 Å². The highest BCUT2D eigenvalue weighted by Gasteiger charge is 2.63. The third kappa shape index (κ3) is 3.28. The van der Waals surface area contributed by atoms with Crippen molar-refractivity contribution in [1.29, 1.82) is 0 Å². The van der Waals surface area contributed by atoms with E-state index in [0.29, 0.717) is 35.5 Å². The van der Waals surface area contributed by atoms with Gasteiger partial charge in [-0.2, -0.15) is 0 Å². The molecule has 0 heterocycles. The van der Waals surface area contributed by atoms with Crippen molar-refractivity contribution in [2.24, 2.45) is 46.3 Å². The lowest BCUT2D eigenvalue weighted by atomic mass is 9.42. The fraction of sp³-hybridized carbons (Fsp3) is 0.885. The zero-order valence-corrected chi connectivity index (χ0v) is 19.3. The molecule has 4 rings (SSSR count). The number of carboxylic acids is 1. The van der Waals surface area contributed by atoms with E-state index >= 15 is 0 Å². The maximum atomic E-state index is 11.6. The Kier molecular flexibility index (Phi) is 5.89. The van der Waals surface area contributed by atoms with Crippen LogP contribution in [0.3, 0.4) is 0 Å². The SMILES string of the molecule is C/C=C1\[C@@H](O)[C@@H]2[C@H](CC[C@]3(C)[C@@H]([C@H](C)CCC(=O)O)CC[C@@H]23)[C@@]2(C)CC[C@@H](O)C[C@@H]12. The minimum absolute atomic E-state index is 0.180. The number of hydrogen-bond donors (Lipinski definition) is 3. The first-order valence-corrected chi connectivity index (χ1v) is 12.4. The Bertz CT molecular complexity index is 701. The van der Waals surface area contributed by atoms with Gasteiger partial charge in [-0.25, -0.2) is 0 Å². The van der Waals surface area contributed by atoms with E-state index in [-0.39, 0.29) is 29.5 Å². The van der Waals surface area contributed by atoms with E-state index in [1.165, 1.54) is 18.4 Å². The minimum Gasteiger partial charge on any atom is -0.481 e. The Labute approximate surface area is 182 Å². The molecule has 4 aliphatic rings. The quantitative estimate of drug-likeness (QED) is 0.559. The number of rotatable bonds is 4. The smallest absolute Gasteiger partial charge is 0.303 e. The molecule has 0 radical (unpaired) electrons. The molecule has 170 valence electrons. The van der Waals surface area contributed by atoms with E-state index in [9.17, 15) is 15.0 Å². The lowest BCUT2D eigenvalue weighted by Crippen LogP contribution is -2.59. The van der Waals surface area contributed by atoms with Gasteiger partial charge in [-0.3, -0.25) is 4.79 Å². The second kappa shape index (κ2) is 7.92. The summed E-state index contributed by atoms with van der Waals surface area (Å²) in [4.78, 5) is 11.1. The second-order valence-electron chi connectivity index (χ2n) is 11.6. The summed E-state index contributed by atoms with van der Waals surface area (Å²) in [5, 5.41) is 31.2. The number of carboxylic acid groups (broad SMARTS) is 1. The van der Waals surface area contributed by atoms with Crippen LogP contribution in [0.25, 0.3) is 0 Å². The number of aliphatic hydroxyl groups is 2. The van der Waals surface area contributed by atoms with Gasteiger partial charge in [0.15, 0.2) is 0 Å². The molecule has 0 unspecified atom stereocenters. The van der Waals surface area contributed by atoms with Gasteiger partial charge >= 0.3 is 5.97 Å². The Balaban J connectivity index is 1.63. The first-order valence-electron chi connectivity index (χ1n) is 12.4. The maximum absolute atomic E-state index is 11.6. The molecule has 4 heteroatoms. The largest absolute Gasteiger partial charge is 0.481 e. The average Bonchev–Trinajstić information content (AvgIpc) is 3.05. The van der Waals surface area contributed by atoms with E-state index in [1.54, 1.807) is 0 Å². The molecule has 4 nitrogen and oxygen atoms in total. The predicted molar refractivity (Wildman–Crippen MR) is 118 cm³/mol. The third-order valence-corrected chi connectivity index (χ3v) is 10.5. The molecule has 0 aromatic rings. The number of carbonyl (C=O) groups is 1. The van der Waals surface area contributed by atoms with Crippen molar-refractivity contribution in [1.82, 2.24) is 0 Å². The Morgan fingerprint density at radius 1 is 1.10 bits per heavy atom. The van der Waals surface area contributed by atoms with Crippen LogP contribution in [0.15, 0.2) is 11.6 Å². The molecule has 3 N–H and O–H groups in total. The number of aliphatic hydroxyl groups excluding tert-OH is 2. The van der Waals surface area contributed by atoms with Crippen LogP contribution >= 0.6 is 0 Å². The third-order valence-electron chi connectivity index (χ3n) is 10.5. The van der Waals surface area contributed by atoms with Gasteiger partial charge in [-0.15, -0.1) is 0 Å². The number of hydrogen-bond acceptors (Lipinski definition) is 3. The Morgan fingerprint density at radius 2 is 1.77 bits per heavy atom. The monoisotopic (exact) mass is 418 g/mol. The fourth-order valence-corrected chi connectivity index (χ4v) is 9.00. The summed E-state index contributed by atoms with van der Waals surface area (Å²) in [6.45, 7) is 9.21. The molecule has 0 amide bonds. The van der Waals surface area contributed by atoms with Crippen LogP contribution in [0.4, 0.5) is 0 Å². The molecule has 4 aliphatic carbocycles. The lowest BCUT2D eigenvalue weighted by molar-refractivity contribution is -0.147. The summed E-state index contributed by atoms with van der Waals surface area (Å²) >= 11 is 0. The van der Waals surface area contributed by atoms with E-state index < -0.39 is 5.97 Å². The van der Waals surface area contributed by atoms with Gasteiger partial charge in [0.2, 0.25) is 0 Å². The van der Waals surface area contributed by atoms with E-state index in [1.807, 2.05) is 0 Å². The van der Waals surface area contributed by atoms with Crippen molar-refractivity contribution in [3.8, 4) is 0 Å². The van der Waals surface area contributed by atoms with Gasteiger partial charge in [0.25, 0.3) is 0 Å². The van der Waals surface area contributed by atoms with Crippen molar-refractivity contribution in [3.05, 3.63) is 11.6 Å². The Hall–Kier alpha value is -0.870. The summed E-state index contributed by atoms with van der Waals surface area (Å²) in [5.41, 5.74) is 1.57. The van der Waals surface area contributed by atoms with Crippen molar-refractivity contribution >= 4 is 5.97 Å². The molecule has 4 fully saturated rings. The summed E-state index contributed by atoms with van der Waals surface area (Å²) < 4.78 is 0. The minimum atomic E-state index is -0.691. The molecule has 0 aromatic heterocycles. The molecule has 0 aromatic carbocycles. The van der Waals surface area contributed by atoms with E-state index in [4.69, 9.17) is 5.11 Å². The summed E-state index contributed by atoms with van der Waals surface area (Å²) in [6, 6.07) is 0. The molecular weight excluding hydrogens is 376 g/mol. The Morgan fingerprint density at radius 3 is 2.43 bits per heavy atom. The maximum Gasteiger partial charge on any atom is 0.303 e. The molecule has 0 saturated heterocycles. The number of allylic oxidation sites excluding steroid dienone is 1. The number of aliphatic carboxylic acids is 1. The van der Waals surface area contributed by atoms with Gasteiger partial charge < -0.3 is 15.3 Å². The molecule has 0 bridgehead atoms. The van der Waals surface area contributed by atoms with Gasteiger partial charge in [-0.1, -0.05) is 26.8 Å². The van der Waals surface area contributed by atoms with Crippen LogP contribution in [-0.2, 0) is 4.79 Å². The molecule has 10 atom stereocenters. The van der Waals surface area contributed by atoms with Gasteiger partial charge in [-0.05, 0) is 110 Å². The topological polar surface area (TPSA) is 77.8 Å². The summed E-state index contributed by atoms with van der Waals surface area (Å²) in [5.74, 6) is 1.94. The fourth-order valence-electron chi connectivity index (χ4n) is 9.00. The van der Waals surface area contributed by atoms with Crippen LogP contribution in [0.2, 0.25) is 0 Å². The standard InChI is InChI=1S/C26H42O4/c1-5-17-21-14-16(27)10-12-26(21,4)20-11-13-25(3)18(15(2)6-9-22(28)29)7-8-19(25)23(20)24(17)30/h5,15-16,18-21,23-24,27,30H,6-14H2,1-4H3,(H,28,29)/b17-5-/t15-,16-,18-,19+,20+,21+,23+,24-,25-,26-/m1/s1. The van der Waals surface area contributed by atoms with Crippen molar-refractivity contribution < 1.29 is 20.1 Å². The molecule has 30 heavy (non-hydrogen) atoms. The van der Waals surface area contributed by atoms with Crippen molar-refractivity contribution in [2.75, 3.05) is 0 Å². The van der Waals surface area contributed by atoms with E-state index in [2.05, 4.69) is 33.8 Å². The molecule has 0 aliphatic heterocycles. The van der Waals surface area contributed by atoms with Crippen molar-refractivity contribution in [2.45, 2.75) is 97.7 Å². The van der Waals surface area contributed by atoms with Gasteiger partial charge in [0, 0.05) is 6.42 Å². The average molecular weight is 419 g/mol. The lowest BCUT2D eigenvalue weighted by Gasteiger charge is -2.63. The zero-order valence-electron chi connectivity index (χ0n) is 19.3. The van der Waals surface area contributed by atoms with Crippen LogP contribution < -0.4 is 0 Å². The first kappa shape index (κ1) is 22.3. The van der Waals surface area contributed by atoms with Crippen LogP contribution in [0.5, 0.6) is 0 Å². The molecule has 0 spiro atoms. The molecule has 4 saturated carbocycles. The highest BCUT2D eigenvalue weighted by molar-refractivity contribution is 5.66.